The molecule has 0 saturated heterocycles. The zero-order valence-electron chi connectivity index (χ0n) is 15.7. The maximum absolute atomic E-state index is 12.2. The van der Waals surface area contributed by atoms with Gasteiger partial charge in [-0.05, 0) is 48.9 Å². The first-order valence-corrected chi connectivity index (χ1v) is 8.62. The summed E-state index contributed by atoms with van der Waals surface area (Å²) in [6.45, 7) is 2.47. The quantitative estimate of drug-likeness (QED) is 0.415. The van der Waals surface area contributed by atoms with E-state index in [1.54, 1.807) is 38.3 Å². The van der Waals surface area contributed by atoms with Crippen molar-refractivity contribution in [2.24, 2.45) is 0 Å². The van der Waals surface area contributed by atoms with Gasteiger partial charge < -0.3 is 20.1 Å². The smallest absolute Gasteiger partial charge is 0.338 e. The van der Waals surface area contributed by atoms with E-state index in [1.807, 2.05) is 30.3 Å². The molecule has 28 heavy (non-hydrogen) atoms. The van der Waals surface area contributed by atoms with Crippen LogP contribution in [0.2, 0.25) is 0 Å². The van der Waals surface area contributed by atoms with Crippen molar-refractivity contribution in [3.05, 3.63) is 71.4 Å². The van der Waals surface area contributed by atoms with Crippen molar-refractivity contribution >= 4 is 17.6 Å². The van der Waals surface area contributed by atoms with Crippen LogP contribution in [-0.4, -0.2) is 25.6 Å². The minimum atomic E-state index is -0.548. The topological polar surface area (TPSA) is 100 Å². The molecule has 0 saturated carbocycles. The number of esters is 1. The Morgan fingerprint density at radius 1 is 1.11 bits per heavy atom. The van der Waals surface area contributed by atoms with Crippen molar-refractivity contribution in [3.8, 4) is 11.8 Å². The molecular weight excluding hydrogens is 358 g/mol. The zero-order chi connectivity index (χ0) is 20.4. The minimum Gasteiger partial charge on any atom is -0.497 e. The Morgan fingerprint density at radius 2 is 1.79 bits per heavy atom. The van der Waals surface area contributed by atoms with Crippen molar-refractivity contribution in [1.82, 2.24) is 5.32 Å². The first kappa shape index (κ1) is 20.5. The molecule has 0 spiro atoms. The first-order chi connectivity index (χ1) is 13.6. The molecule has 0 atom stereocenters. The number of carbonyl (C=O) groups excluding carboxylic acids is 2. The molecule has 0 aliphatic carbocycles. The highest BCUT2D eigenvalue weighted by Gasteiger charge is 2.10. The largest absolute Gasteiger partial charge is 0.497 e. The SMILES string of the molecule is CCOC(=O)c1ccc(NC(=O)/C(C#N)=C\NCc2ccc(OC)cc2)cc1. The molecule has 1 amide bonds. The number of anilines is 1. The standard InChI is InChI=1S/C21H21N3O4/c1-3-28-21(26)16-6-8-18(9-7-16)24-20(25)17(12-22)14-23-13-15-4-10-19(27-2)11-5-15/h4-11,14,23H,3,13H2,1-2H3,(H,24,25)/b17-14-. The Morgan fingerprint density at radius 3 is 2.36 bits per heavy atom. The van der Waals surface area contributed by atoms with Crippen molar-refractivity contribution in [2.45, 2.75) is 13.5 Å². The summed E-state index contributed by atoms with van der Waals surface area (Å²) in [6, 6.07) is 15.5. The molecule has 2 aromatic rings. The van der Waals surface area contributed by atoms with Crippen LogP contribution < -0.4 is 15.4 Å². The number of benzene rings is 2. The maximum Gasteiger partial charge on any atom is 0.338 e. The summed E-state index contributed by atoms with van der Waals surface area (Å²) >= 11 is 0. The number of methoxy groups -OCH3 is 1. The second-order valence-electron chi connectivity index (χ2n) is 5.65. The molecule has 144 valence electrons. The molecular formula is C21H21N3O4. The van der Waals surface area contributed by atoms with Crippen LogP contribution in [0.25, 0.3) is 0 Å². The molecule has 0 bridgehead atoms. The fraction of sp³-hybridized carbons (Fsp3) is 0.190. The predicted molar refractivity (Wildman–Crippen MR) is 105 cm³/mol. The van der Waals surface area contributed by atoms with Crippen LogP contribution in [0.3, 0.4) is 0 Å². The van der Waals surface area contributed by atoms with Gasteiger partial charge in [-0.2, -0.15) is 5.26 Å². The number of nitriles is 1. The van der Waals surface area contributed by atoms with Crippen LogP contribution in [0, 0.1) is 11.3 Å². The summed E-state index contributed by atoms with van der Waals surface area (Å²) in [5.74, 6) is -0.223. The highest BCUT2D eigenvalue weighted by atomic mass is 16.5. The van der Waals surface area contributed by atoms with E-state index < -0.39 is 11.9 Å². The molecule has 0 unspecified atom stereocenters. The summed E-state index contributed by atoms with van der Waals surface area (Å²) in [6.07, 6.45) is 1.37. The van der Waals surface area contributed by atoms with Crippen LogP contribution >= 0.6 is 0 Å². The fourth-order valence-corrected chi connectivity index (χ4v) is 2.27. The molecule has 0 aromatic heterocycles. The number of nitrogens with one attached hydrogen (secondary N) is 2. The van der Waals surface area contributed by atoms with Gasteiger partial charge in [-0.3, -0.25) is 4.79 Å². The van der Waals surface area contributed by atoms with Gasteiger partial charge in [0.15, 0.2) is 0 Å². The van der Waals surface area contributed by atoms with Crippen molar-refractivity contribution < 1.29 is 19.1 Å². The number of amides is 1. The molecule has 0 aliphatic rings. The zero-order valence-corrected chi connectivity index (χ0v) is 15.7. The van der Waals surface area contributed by atoms with E-state index in [0.29, 0.717) is 17.8 Å². The lowest BCUT2D eigenvalue weighted by atomic mass is 10.2. The van der Waals surface area contributed by atoms with Crippen molar-refractivity contribution in [1.29, 1.82) is 5.26 Å². The van der Waals surface area contributed by atoms with Crippen molar-refractivity contribution in [2.75, 3.05) is 19.0 Å². The van der Waals surface area contributed by atoms with Crippen LogP contribution in [0.5, 0.6) is 5.75 Å². The molecule has 2 rings (SSSR count). The summed E-state index contributed by atoms with van der Waals surface area (Å²) in [7, 11) is 1.60. The Kier molecular flexibility index (Phi) is 7.61. The molecule has 2 N–H and O–H groups in total. The van der Waals surface area contributed by atoms with Crippen molar-refractivity contribution in [3.63, 3.8) is 0 Å². The summed E-state index contributed by atoms with van der Waals surface area (Å²) in [4.78, 5) is 23.9. The Bertz CT molecular complexity index is 881. The molecule has 0 fully saturated rings. The second kappa shape index (κ2) is 10.4. The Labute approximate surface area is 163 Å². The van der Waals surface area contributed by atoms with E-state index in [4.69, 9.17) is 9.47 Å². The second-order valence-corrected chi connectivity index (χ2v) is 5.65. The molecule has 0 radical (unpaired) electrons. The van der Waals surface area contributed by atoms with Gasteiger partial charge in [0.05, 0.1) is 19.3 Å². The third-order valence-corrected chi connectivity index (χ3v) is 3.73. The lowest BCUT2D eigenvalue weighted by Gasteiger charge is -2.07. The number of hydrogen-bond acceptors (Lipinski definition) is 6. The van der Waals surface area contributed by atoms with Crippen LogP contribution in [-0.2, 0) is 16.1 Å². The van der Waals surface area contributed by atoms with Gasteiger partial charge in [0.25, 0.3) is 5.91 Å². The van der Waals surface area contributed by atoms with Gasteiger partial charge in [-0.1, -0.05) is 12.1 Å². The molecule has 2 aromatic carbocycles. The normalized spacial score (nSPS) is 10.5. The van der Waals surface area contributed by atoms with E-state index >= 15 is 0 Å². The minimum absolute atomic E-state index is 0.0667. The highest BCUT2D eigenvalue weighted by molar-refractivity contribution is 6.06. The molecule has 0 heterocycles. The fourth-order valence-electron chi connectivity index (χ4n) is 2.27. The maximum atomic E-state index is 12.2. The third-order valence-electron chi connectivity index (χ3n) is 3.73. The van der Waals surface area contributed by atoms with Gasteiger partial charge in [0, 0.05) is 18.4 Å². The van der Waals surface area contributed by atoms with Gasteiger partial charge in [-0.25, -0.2) is 4.79 Å². The summed E-state index contributed by atoms with van der Waals surface area (Å²) in [5, 5.41) is 14.8. The Hall–Kier alpha value is -3.79. The van der Waals surface area contributed by atoms with Crippen LogP contribution in [0.1, 0.15) is 22.8 Å². The highest BCUT2D eigenvalue weighted by Crippen LogP contribution is 2.13. The lowest BCUT2D eigenvalue weighted by molar-refractivity contribution is -0.112. The van der Waals surface area contributed by atoms with E-state index in [2.05, 4.69) is 10.6 Å². The van der Waals surface area contributed by atoms with E-state index in [9.17, 15) is 14.9 Å². The first-order valence-electron chi connectivity index (χ1n) is 8.62. The van der Waals surface area contributed by atoms with Crippen LogP contribution in [0.15, 0.2) is 60.3 Å². The summed E-state index contributed by atoms with van der Waals surface area (Å²) in [5.41, 5.74) is 1.76. The van der Waals surface area contributed by atoms with Gasteiger partial charge >= 0.3 is 5.97 Å². The number of carbonyl (C=O) groups is 2. The van der Waals surface area contributed by atoms with E-state index in [1.165, 1.54) is 6.20 Å². The average molecular weight is 379 g/mol. The van der Waals surface area contributed by atoms with E-state index in [-0.39, 0.29) is 12.2 Å². The van der Waals surface area contributed by atoms with Gasteiger partial charge in [0.2, 0.25) is 0 Å². The number of rotatable bonds is 8. The third kappa shape index (κ3) is 5.88. The predicted octanol–water partition coefficient (Wildman–Crippen LogP) is 3.01. The molecule has 7 nitrogen and oxygen atoms in total. The number of nitrogens with zero attached hydrogens (tertiary/aromatic N) is 1. The molecule has 0 aliphatic heterocycles. The molecule has 7 heteroatoms. The lowest BCUT2D eigenvalue weighted by Crippen LogP contribution is -2.16. The van der Waals surface area contributed by atoms with Gasteiger partial charge in [-0.15, -0.1) is 0 Å². The number of ether oxygens (including phenoxy) is 2. The van der Waals surface area contributed by atoms with E-state index in [0.717, 1.165) is 11.3 Å². The average Bonchev–Trinajstić information content (AvgIpc) is 2.72. The monoisotopic (exact) mass is 379 g/mol. The Balaban J connectivity index is 1.93. The summed E-state index contributed by atoms with van der Waals surface area (Å²) < 4.78 is 10.0. The van der Waals surface area contributed by atoms with Gasteiger partial charge in [0.1, 0.15) is 17.4 Å². The van der Waals surface area contributed by atoms with Crippen LogP contribution in [0.4, 0.5) is 5.69 Å². The number of hydrogen-bond donors (Lipinski definition) is 2.